The fraction of sp³-hybridized carbons (Fsp3) is 0.500. The van der Waals surface area contributed by atoms with Crippen LogP contribution >= 0.6 is 0 Å². The molecule has 1 aliphatic rings. The Morgan fingerprint density at radius 2 is 1.95 bits per heavy atom. The van der Waals surface area contributed by atoms with Crippen LogP contribution in [-0.2, 0) is 14.6 Å². The Kier molecular flexibility index (Phi) is 4.04. The van der Waals surface area contributed by atoms with Crippen molar-refractivity contribution < 1.29 is 18.3 Å². The van der Waals surface area contributed by atoms with Gasteiger partial charge in [0.1, 0.15) is 0 Å². The molecular weight excluding hydrogens is 278 g/mol. The average Bonchev–Trinajstić information content (AvgIpc) is 2.37. The Labute approximate surface area is 119 Å². The Balaban J connectivity index is 2.39. The van der Waals surface area contributed by atoms with Gasteiger partial charge in [0.15, 0.2) is 9.84 Å². The summed E-state index contributed by atoms with van der Waals surface area (Å²) in [6, 6.07) is 6.77. The van der Waals surface area contributed by atoms with E-state index in [2.05, 4.69) is 0 Å². The summed E-state index contributed by atoms with van der Waals surface area (Å²) in [6.45, 7) is 3.02. The van der Waals surface area contributed by atoms with Gasteiger partial charge in [-0.3, -0.25) is 4.79 Å². The molecule has 6 heteroatoms. The summed E-state index contributed by atoms with van der Waals surface area (Å²) >= 11 is 0. The van der Waals surface area contributed by atoms with Crippen LogP contribution in [0.15, 0.2) is 29.2 Å². The van der Waals surface area contributed by atoms with Crippen molar-refractivity contribution in [1.82, 2.24) is 0 Å². The van der Waals surface area contributed by atoms with Crippen molar-refractivity contribution in [2.24, 2.45) is 11.8 Å². The first kappa shape index (κ1) is 14.8. The number of anilines is 1. The third-order valence-corrected chi connectivity index (χ3v) is 4.76. The SMILES string of the molecule is CC1CC(C(=O)O)CN(c2ccccc2S(C)(=O)=O)C1. The maximum absolute atomic E-state index is 11.9. The molecule has 2 atom stereocenters. The highest BCUT2D eigenvalue weighted by Gasteiger charge is 2.31. The molecule has 0 bridgehead atoms. The lowest BCUT2D eigenvalue weighted by Crippen LogP contribution is -2.43. The molecule has 1 fully saturated rings. The number of nitrogens with zero attached hydrogens (tertiary/aromatic N) is 1. The fourth-order valence-electron chi connectivity index (χ4n) is 2.76. The number of aliphatic carboxylic acids is 1. The highest BCUT2D eigenvalue weighted by atomic mass is 32.2. The summed E-state index contributed by atoms with van der Waals surface area (Å²) in [6.07, 6.45) is 1.81. The molecule has 1 saturated heterocycles. The molecule has 2 unspecified atom stereocenters. The first-order valence-electron chi connectivity index (χ1n) is 6.56. The normalized spacial score (nSPS) is 23.6. The van der Waals surface area contributed by atoms with E-state index in [9.17, 15) is 18.3 Å². The van der Waals surface area contributed by atoms with Crippen molar-refractivity contribution in [3.8, 4) is 0 Å². The predicted molar refractivity (Wildman–Crippen MR) is 76.7 cm³/mol. The van der Waals surface area contributed by atoms with Crippen molar-refractivity contribution in [3.05, 3.63) is 24.3 Å². The number of carboxylic acids is 1. The van der Waals surface area contributed by atoms with E-state index in [0.29, 0.717) is 25.2 Å². The zero-order valence-corrected chi connectivity index (χ0v) is 12.4. The van der Waals surface area contributed by atoms with Crippen LogP contribution in [0.5, 0.6) is 0 Å². The number of sulfone groups is 1. The van der Waals surface area contributed by atoms with Crippen LogP contribution in [0.3, 0.4) is 0 Å². The largest absolute Gasteiger partial charge is 0.481 e. The second kappa shape index (κ2) is 5.44. The molecule has 0 aliphatic carbocycles. The van der Waals surface area contributed by atoms with E-state index < -0.39 is 21.7 Å². The van der Waals surface area contributed by atoms with Gasteiger partial charge in [-0.15, -0.1) is 0 Å². The zero-order valence-electron chi connectivity index (χ0n) is 11.6. The average molecular weight is 297 g/mol. The van der Waals surface area contributed by atoms with Gasteiger partial charge in [0.25, 0.3) is 0 Å². The van der Waals surface area contributed by atoms with Crippen LogP contribution in [0.4, 0.5) is 5.69 Å². The van der Waals surface area contributed by atoms with Crippen LogP contribution in [0.2, 0.25) is 0 Å². The van der Waals surface area contributed by atoms with Gasteiger partial charge in [-0.25, -0.2) is 8.42 Å². The lowest BCUT2D eigenvalue weighted by atomic mass is 9.90. The van der Waals surface area contributed by atoms with E-state index in [1.165, 1.54) is 6.26 Å². The van der Waals surface area contributed by atoms with Gasteiger partial charge in [0.2, 0.25) is 0 Å². The standard InChI is InChI=1S/C14H19NO4S/c1-10-7-11(14(16)17)9-15(8-10)12-5-3-4-6-13(12)20(2,18)19/h3-6,10-11H,7-9H2,1-2H3,(H,16,17). The monoisotopic (exact) mass is 297 g/mol. The molecule has 0 aromatic heterocycles. The maximum atomic E-state index is 11.9. The Bertz CT molecular complexity index is 611. The van der Waals surface area contributed by atoms with E-state index in [0.717, 1.165) is 0 Å². The van der Waals surface area contributed by atoms with Crippen LogP contribution in [0.1, 0.15) is 13.3 Å². The summed E-state index contributed by atoms with van der Waals surface area (Å²) in [7, 11) is -3.33. The van der Waals surface area contributed by atoms with Gasteiger partial charge in [0.05, 0.1) is 16.5 Å². The summed E-state index contributed by atoms with van der Waals surface area (Å²) in [5, 5.41) is 9.20. The van der Waals surface area contributed by atoms with Gasteiger partial charge >= 0.3 is 5.97 Å². The minimum Gasteiger partial charge on any atom is -0.481 e. The summed E-state index contributed by atoms with van der Waals surface area (Å²) in [4.78, 5) is 13.4. The maximum Gasteiger partial charge on any atom is 0.308 e. The van der Waals surface area contributed by atoms with Gasteiger partial charge in [-0.2, -0.15) is 0 Å². The van der Waals surface area contributed by atoms with E-state index in [-0.39, 0.29) is 10.8 Å². The lowest BCUT2D eigenvalue weighted by Gasteiger charge is -2.37. The zero-order chi connectivity index (χ0) is 14.9. The van der Waals surface area contributed by atoms with E-state index >= 15 is 0 Å². The summed E-state index contributed by atoms with van der Waals surface area (Å²) in [5.74, 6) is -1.05. The molecule has 1 aliphatic heterocycles. The number of carbonyl (C=O) groups is 1. The molecular formula is C14H19NO4S. The van der Waals surface area contributed by atoms with Crippen LogP contribution in [-0.4, -0.2) is 38.8 Å². The quantitative estimate of drug-likeness (QED) is 0.918. The minimum absolute atomic E-state index is 0.220. The van der Waals surface area contributed by atoms with Crippen LogP contribution < -0.4 is 4.90 Å². The lowest BCUT2D eigenvalue weighted by molar-refractivity contribution is -0.142. The topological polar surface area (TPSA) is 74.7 Å². The molecule has 110 valence electrons. The number of piperidine rings is 1. The van der Waals surface area contributed by atoms with Gasteiger partial charge < -0.3 is 10.0 Å². The van der Waals surface area contributed by atoms with Crippen molar-refractivity contribution in [1.29, 1.82) is 0 Å². The smallest absolute Gasteiger partial charge is 0.308 e. The van der Waals surface area contributed by atoms with E-state index in [1.54, 1.807) is 24.3 Å². The number of para-hydroxylation sites is 1. The molecule has 5 nitrogen and oxygen atoms in total. The molecule has 0 saturated carbocycles. The molecule has 0 amide bonds. The minimum atomic E-state index is -3.33. The molecule has 2 rings (SSSR count). The van der Waals surface area contributed by atoms with Gasteiger partial charge in [0, 0.05) is 19.3 Å². The Hall–Kier alpha value is -1.56. The molecule has 1 aromatic rings. The third-order valence-electron chi connectivity index (χ3n) is 3.61. The second-order valence-corrected chi connectivity index (χ2v) is 7.51. The first-order valence-corrected chi connectivity index (χ1v) is 8.45. The molecule has 0 spiro atoms. The Morgan fingerprint density at radius 3 is 2.55 bits per heavy atom. The third kappa shape index (κ3) is 3.12. The second-order valence-electron chi connectivity index (χ2n) is 5.52. The van der Waals surface area contributed by atoms with Gasteiger partial charge in [-0.1, -0.05) is 19.1 Å². The highest BCUT2D eigenvalue weighted by Crippen LogP contribution is 2.31. The fourth-order valence-corrected chi connectivity index (χ4v) is 3.66. The van der Waals surface area contributed by atoms with E-state index in [1.807, 2.05) is 11.8 Å². The molecule has 20 heavy (non-hydrogen) atoms. The van der Waals surface area contributed by atoms with Crippen molar-refractivity contribution in [3.63, 3.8) is 0 Å². The Morgan fingerprint density at radius 1 is 1.30 bits per heavy atom. The van der Waals surface area contributed by atoms with Crippen molar-refractivity contribution >= 4 is 21.5 Å². The van der Waals surface area contributed by atoms with Crippen LogP contribution in [0, 0.1) is 11.8 Å². The number of benzene rings is 1. The summed E-state index contributed by atoms with van der Waals surface area (Å²) < 4.78 is 23.7. The molecule has 1 heterocycles. The number of hydrogen-bond acceptors (Lipinski definition) is 4. The first-order chi connectivity index (χ1) is 9.29. The molecule has 1 aromatic carbocycles. The van der Waals surface area contributed by atoms with Crippen LogP contribution in [0.25, 0.3) is 0 Å². The number of hydrogen-bond donors (Lipinski definition) is 1. The molecule has 1 N–H and O–H groups in total. The van der Waals surface area contributed by atoms with Crippen molar-refractivity contribution in [2.75, 3.05) is 24.2 Å². The molecule has 0 radical (unpaired) electrons. The van der Waals surface area contributed by atoms with Gasteiger partial charge in [-0.05, 0) is 24.5 Å². The highest BCUT2D eigenvalue weighted by molar-refractivity contribution is 7.90. The predicted octanol–water partition coefficient (Wildman–Crippen LogP) is 1.64. The van der Waals surface area contributed by atoms with Crippen molar-refractivity contribution in [2.45, 2.75) is 18.2 Å². The van der Waals surface area contributed by atoms with E-state index in [4.69, 9.17) is 0 Å². The number of carboxylic acid groups (broad SMARTS) is 1. The number of rotatable bonds is 3. The summed E-state index contributed by atoms with van der Waals surface area (Å²) in [5.41, 5.74) is 0.604.